The van der Waals surface area contributed by atoms with Gasteiger partial charge >= 0.3 is 0 Å². The first-order chi connectivity index (χ1) is 4.20. The van der Waals surface area contributed by atoms with Crippen LogP contribution in [0.15, 0.2) is 0 Å². The number of aromatic nitrogens is 2. The summed E-state index contributed by atoms with van der Waals surface area (Å²) < 4.78 is 0. The van der Waals surface area contributed by atoms with Crippen LogP contribution in [0.3, 0.4) is 0 Å². The van der Waals surface area contributed by atoms with Crippen molar-refractivity contribution >= 4 is 17.2 Å². The lowest BCUT2D eigenvalue weighted by Crippen LogP contribution is -2.10. The largest absolute Gasteiger partial charge is 0.363 e. The lowest BCUT2D eigenvalue weighted by atomic mass is 10.7. The molecule has 0 fully saturated rings. The van der Waals surface area contributed by atoms with Crippen LogP contribution in [0, 0.1) is 6.92 Å². The summed E-state index contributed by atoms with van der Waals surface area (Å²) in [6.45, 7) is 1.77. The van der Waals surface area contributed by atoms with Crippen molar-refractivity contribution in [2.24, 2.45) is 5.73 Å². The number of nitrogens with two attached hydrogens (primary N) is 1. The number of hydrogen-bond acceptors (Lipinski definition) is 4. The Bertz CT molecular complexity index is 231. The summed E-state index contributed by atoms with van der Waals surface area (Å²) in [4.78, 5) is 10.3. The van der Waals surface area contributed by atoms with Gasteiger partial charge < -0.3 is 5.73 Å². The second-order valence-electron chi connectivity index (χ2n) is 1.49. The number of rotatable bonds is 1. The number of amides is 1. The van der Waals surface area contributed by atoms with Crippen LogP contribution in [0.1, 0.15) is 14.8 Å². The van der Waals surface area contributed by atoms with Crippen molar-refractivity contribution in [1.29, 1.82) is 0 Å². The second-order valence-corrected chi connectivity index (χ2v) is 2.67. The Morgan fingerprint density at radius 3 is 2.56 bits per heavy atom. The Morgan fingerprint density at radius 2 is 2.33 bits per heavy atom. The van der Waals surface area contributed by atoms with Crippen molar-refractivity contribution in [3.8, 4) is 0 Å². The molecule has 0 atom stereocenters. The molecular formula is C4H5N3OS. The van der Waals surface area contributed by atoms with Gasteiger partial charge in [0.1, 0.15) is 5.01 Å². The summed E-state index contributed by atoms with van der Waals surface area (Å²) >= 11 is 1.20. The van der Waals surface area contributed by atoms with E-state index in [1.165, 1.54) is 11.3 Å². The fourth-order valence-corrected chi connectivity index (χ4v) is 0.940. The van der Waals surface area contributed by atoms with E-state index in [4.69, 9.17) is 5.73 Å². The quantitative estimate of drug-likeness (QED) is 0.599. The monoisotopic (exact) mass is 143 g/mol. The molecule has 4 nitrogen and oxygen atoms in total. The van der Waals surface area contributed by atoms with Crippen molar-refractivity contribution in [3.05, 3.63) is 10.0 Å². The van der Waals surface area contributed by atoms with E-state index in [1.807, 2.05) is 0 Å². The Kier molecular flexibility index (Phi) is 1.44. The average molecular weight is 143 g/mol. The molecule has 2 N–H and O–H groups in total. The standard InChI is InChI=1S/C4H5N3OS/c1-2-6-7-4(9-2)3(5)8/h1H3,(H2,5,8). The van der Waals surface area contributed by atoms with E-state index in [0.717, 1.165) is 5.01 Å². The molecule has 1 amide bonds. The number of carbonyl (C=O) groups excluding carboxylic acids is 1. The molecule has 48 valence electrons. The van der Waals surface area contributed by atoms with Crippen molar-refractivity contribution in [1.82, 2.24) is 10.2 Å². The number of carbonyl (C=O) groups is 1. The van der Waals surface area contributed by atoms with Crippen LogP contribution in [-0.2, 0) is 0 Å². The van der Waals surface area contributed by atoms with Gasteiger partial charge in [-0.3, -0.25) is 4.79 Å². The number of aryl methyl sites for hydroxylation is 1. The molecule has 0 aromatic carbocycles. The molecule has 9 heavy (non-hydrogen) atoms. The van der Waals surface area contributed by atoms with Crippen molar-refractivity contribution in [3.63, 3.8) is 0 Å². The SMILES string of the molecule is Cc1nnc(C(N)=O)s1. The molecule has 5 heteroatoms. The lowest BCUT2D eigenvalue weighted by molar-refractivity contribution is 0.0999. The van der Waals surface area contributed by atoms with E-state index in [1.54, 1.807) is 6.92 Å². The van der Waals surface area contributed by atoms with Gasteiger partial charge in [0.25, 0.3) is 5.91 Å². The predicted molar refractivity (Wildman–Crippen MR) is 33.2 cm³/mol. The van der Waals surface area contributed by atoms with E-state index in [9.17, 15) is 4.79 Å². The highest BCUT2D eigenvalue weighted by molar-refractivity contribution is 7.13. The van der Waals surface area contributed by atoms with Crippen LogP contribution in [0.5, 0.6) is 0 Å². The van der Waals surface area contributed by atoms with Gasteiger partial charge in [-0.2, -0.15) is 0 Å². The molecule has 0 saturated carbocycles. The average Bonchev–Trinajstić information content (AvgIpc) is 2.14. The number of primary amides is 1. The Labute approximate surface area is 55.7 Å². The highest BCUT2D eigenvalue weighted by Gasteiger charge is 2.04. The van der Waals surface area contributed by atoms with Crippen molar-refractivity contribution in [2.45, 2.75) is 6.92 Å². The number of nitrogens with zero attached hydrogens (tertiary/aromatic N) is 2. The maximum atomic E-state index is 10.3. The molecule has 0 bridgehead atoms. The van der Waals surface area contributed by atoms with Crippen molar-refractivity contribution < 1.29 is 4.79 Å². The minimum absolute atomic E-state index is 0.271. The van der Waals surface area contributed by atoms with E-state index < -0.39 is 5.91 Å². The van der Waals surface area contributed by atoms with Gasteiger partial charge in [0.15, 0.2) is 0 Å². The van der Waals surface area contributed by atoms with Crippen LogP contribution in [-0.4, -0.2) is 16.1 Å². The zero-order valence-corrected chi connectivity index (χ0v) is 5.60. The summed E-state index contributed by atoms with van der Waals surface area (Å²) in [7, 11) is 0. The maximum Gasteiger partial charge on any atom is 0.279 e. The van der Waals surface area contributed by atoms with Crippen LogP contribution in [0.25, 0.3) is 0 Å². The number of hydrogen-bond donors (Lipinski definition) is 1. The summed E-state index contributed by atoms with van der Waals surface area (Å²) in [5, 5.41) is 8.14. The molecule has 1 aromatic heterocycles. The third-order valence-electron chi connectivity index (χ3n) is 0.737. The minimum atomic E-state index is -0.513. The first-order valence-electron chi connectivity index (χ1n) is 2.30. The zero-order chi connectivity index (χ0) is 6.85. The van der Waals surface area contributed by atoms with Crippen LogP contribution in [0.4, 0.5) is 0 Å². The van der Waals surface area contributed by atoms with Crippen molar-refractivity contribution in [2.75, 3.05) is 0 Å². The molecule has 0 spiro atoms. The topological polar surface area (TPSA) is 68.9 Å². The second kappa shape index (κ2) is 2.10. The van der Waals surface area contributed by atoms with E-state index in [2.05, 4.69) is 10.2 Å². The van der Waals surface area contributed by atoms with Crippen LogP contribution >= 0.6 is 11.3 Å². The van der Waals surface area contributed by atoms with Gasteiger partial charge in [-0.1, -0.05) is 11.3 Å². The molecule has 0 saturated heterocycles. The Morgan fingerprint density at radius 1 is 1.67 bits per heavy atom. The van der Waals surface area contributed by atoms with Gasteiger partial charge in [-0.25, -0.2) is 0 Å². The lowest BCUT2D eigenvalue weighted by Gasteiger charge is -1.77. The highest BCUT2D eigenvalue weighted by Crippen LogP contribution is 2.05. The first-order valence-corrected chi connectivity index (χ1v) is 3.11. The van der Waals surface area contributed by atoms with Gasteiger partial charge in [0, 0.05) is 0 Å². The molecule has 1 heterocycles. The smallest absolute Gasteiger partial charge is 0.279 e. The molecule has 0 aliphatic rings. The van der Waals surface area contributed by atoms with Crippen LogP contribution < -0.4 is 5.73 Å². The Balaban J connectivity index is 2.98. The third-order valence-corrected chi connectivity index (χ3v) is 1.59. The Hall–Kier alpha value is -0.970. The fraction of sp³-hybridized carbons (Fsp3) is 0.250. The van der Waals surface area contributed by atoms with Gasteiger partial charge in [0.2, 0.25) is 5.01 Å². The highest BCUT2D eigenvalue weighted by atomic mass is 32.1. The van der Waals surface area contributed by atoms with Crippen LogP contribution in [0.2, 0.25) is 0 Å². The first kappa shape index (κ1) is 6.15. The predicted octanol–water partition coefficient (Wildman–Crippen LogP) is -0.0546. The van der Waals surface area contributed by atoms with E-state index >= 15 is 0 Å². The summed E-state index contributed by atoms with van der Waals surface area (Å²) in [6, 6.07) is 0. The molecular weight excluding hydrogens is 138 g/mol. The van der Waals surface area contributed by atoms with E-state index in [0.29, 0.717) is 0 Å². The summed E-state index contributed by atoms with van der Waals surface area (Å²) in [6.07, 6.45) is 0. The molecule has 0 aliphatic heterocycles. The fourth-order valence-electron chi connectivity index (χ4n) is 0.396. The maximum absolute atomic E-state index is 10.3. The summed E-state index contributed by atoms with van der Waals surface area (Å²) in [5.74, 6) is -0.513. The van der Waals surface area contributed by atoms with E-state index in [-0.39, 0.29) is 5.01 Å². The molecule has 1 aromatic rings. The van der Waals surface area contributed by atoms with Gasteiger partial charge in [-0.15, -0.1) is 10.2 Å². The summed E-state index contributed by atoms with van der Waals surface area (Å²) in [5.41, 5.74) is 4.90. The molecule has 0 aliphatic carbocycles. The third kappa shape index (κ3) is 1.23. The molecule has 0 radical (unpaired) electrons. The zero-order valence-electron chi connectivity index (χ0n) is 4.79. The van der Waals surface area contributed by atoms with Gasteiger partial charge in [-0.05, 0) is 6.92 Å². The van der Waals surface area contributed by atoms with Gasteiger partial charge in [0.05, 0.1) is 0 Å². The normalized spacial score (nSPS) is 9.44. The molecule has 0 unspecified atom stereocenters. The molecule has 1 rings (SSSR count). The minimum Gasteiger partial charge on any atom is -0.363 e.